The lowest BCUT2D eigenvalue weighted by atomic mass is 9.86. The molecule has 0 radical (unpaired) electrons. The first-order valence-corrected chi connectivity index (χ1v) is 11.5. The van der Waals surface area contributed by atoms with Crippen LogP contribution in [-0.2, 0) is 19.0 Å². The molecule has 5 aromatic rings. The lowest BCUT2D eigenvalue weighted by Crippen LogP contribution is -2.17. The molecule has 3 aromatic heterocycles. The number of aromatic nitrogens is 4. The van der Waals surface area contributed by atoms with Crippen molar-refractivity contribution in [1.29, 1.82) is 0 Å². The third kappa shape index (κ3) is 5.11. The van der Waals surface area contributed by atoms with E-state index in [4.69, 9.17) is 0 Å². The van der Waals surface area contributed by atoms with E-state index in [9.17, 15) is 4.79 Å². The Kier molecular flexibility index (Phi) is 7.82. The quantitative estimate of drug-likeness (QED) is 0.286. The molecule has 0 aliphatic rings. The molecule has 2 aromatic carbocycles. The predicted octanol–water partition coefficient (Wildman–Crippen LogP) is 6.67. The number of benzene rings is 2. The molecule has 6 nitrogen and oxygen atoms in total. The van der Waals surface area contributed by atoms with Crippen molar-refractivity contribution >= 4 is 58.3 Å². The number of pyridine rings is 1. The largest absolute Gasteiger partial charge is 0.332 e. The highest BCUT2D eigenvalue weighted by Crippen LogP contribution is 2.29. The van der Waals surface area contributed by atoms with E-state index in [-0.39, 0.29) is 36.1 Å². The van der Waals surface area contributed by atoms with Crippen LogP contribution in [0.25, 0.3) is 21.9 Å². The Morgan fingerprint density at radius 1 is 0.944 bits per heavy atom. The number of imidazole rings is 1. The number of rotatable bonds is 4. The van der Waals surface area contributed by atoms with E-state index in [1.54, 1.807) is 12.4 Å². The van der Waals surface area contributed by atoms with Gasteiger partial charge in [-0.2, -0.15) is 0 Å². The molecule has 0 unspecified atom stereocenters. The number of halogens is 2. The normalized spacial score (nSPS) is 11.2. The predicted molar refractivity (Wildman–Crippen MR) is 152 cm³/mol. The zero-order valence-electron chi connectivity index (χ0n) is 21.1. The average molecular weight is 524 g/mol. The molecule has 0 saturated carbocycles. The third-order valence-electron chi connectivity index (χ3n) is 6.45. The maximum atomic E-state index is 13.5. The van der Waals surface area contributed by atoms with Gasteiger partial charge < -0.3 is 14.5 Å². The van der Waals surface area contributed by atoms with Crippen molar-refractivity contribution < 1.29 is 4.79 Å². The van der Waals surface area contributed by atoms with Gasteiger partial charge in [0.1, 0.15) is 11.5 Å². The number of anilines is 1. The van der Waals surface area contributed by atoms with Crippen molar-refractivity contribution in [3.63, 3.8) is 0 Å². The number of aryl methyl sites for hydroxylation is 2. The van der Waals surface area contributed by atoms with Crippen LogP contribution in [0.1, 0.15) is 48.2 Å². The highest BCUT2D eigenvalue weighted by molar-refractivity contribution is 6.07. The summed E-state index contributed by atoms with van der Waals surface area (Å²) in [6, 6.07) is 18.3. The maximum Gasteiger partial charge on any atom is 0.272 e. The van der Waals surface area contributed by atoms with Crippen LogP contribution < -0.4 is 5.32 Å². The Balaban J connectivity index is 0.00000180. The van der Waals surface area contributed by atoms with Gasteiger partial charge in [-0.25, -0.2) is 4.98 Å². The molecule has 5 rings (SSSR count). The molecule has 0 fully saturated rings. The Hall–Kier alpha value is -3.35. The van der Waals surface area contributed by atoms with Gasteiger partial charge in [-0.15, -0.1) is 24.8 Å². The SMILES string of the molecule is Cc1nc2cc(NC(=O)c3cc4cc(C(C)(C)C)ccc4n3Cc3ccncc3)ccc2n1C.Cl.Cl. The maximum absolute atomic E-state index is 13.5. The van der Waals surface area contributed by atoms with Gasteiger partial charge in [0.2, 0.25) is 0 Å². The van der Waals surface area contributed by atoms with Crippen LogP contribution in [0.2, 0.25) is 0 Å². The lowest BCUT2D eigenvalue weighted by Gasteiger charge is -2.19. The molecular formula is C28H31Cl2N5O. The van der Waals surface area contributed by atoms with Gasteiger partial charge in [-0.1, -0.05) is 26.8 Å². The number of amides is 1. The first kappa shape index (κ1) is 27.2. The van der Waals surface area contributed by atoms with Gasteiger partial charge in [-0.3, -0.25) is 9.78 Å². The number of hydrogen-bond acceptors (Lipinski definition) is 3. The Morgan fingerprint density at radius 3 is 2.33 bits per heavy atom. The highest BCUT2D eigenvalue weighted by atomic mass is 35.5. The average Bonchev–Trinajstić information content (AvgIpc) is 3.30. The van der Waals surface area contributed by atoms with E-state index in [0.717, 1.165) is 39.0 Å². The van der Waals surface area contributed by atoms with Crippen molar-refractivity contribution in [2.24, 2.45) is 7.05 Å². The first-order chi connectivity index (χ1) is 16.2. The summed E-state index contributed by atoms with van der Waals surface area (Å²) in [6.07, 6.45) is 3.56. The molecule has 3 heterocycles. The Labute approximate surface area is 223 Å². The number of hydrogen-bond donors (Lipinski definition) is 1. The molecule has 0 aliphatic carbocycles. The Morgan fingerprint density at radius 2 is 1.64 bits per heavy atom. The minimum atomic E-state index is -0.144. The highest BCUT2D eigenvalue weighted by Gasteiger charge is 2.20. The van der Waals surface area contributed by atoms with Crippen LogP contribution in [0.15, 0.2) is 67.0 Å². The fourth-order valence-corrected chi connectivity index (χ4v) is 4.36. The zero-order valence-corrected chi connectivity index (χ0v) is 22.7. The second-order valence-electron chi connectivity index (χ2n) is 9.87. The van der Waals surface area contributed by atoms with E-state index >= 15 is 0 Å². The van der Waals surface area contributed by atoms with E-state index in [0.29, 0.717) is 12.2 Å². The molecule has 0 atom stereocenters. The summed E-state index contributed by atoms with van der Waals surface area (Å²) in [4.78, 5) is 22.2. The number of fused-ring (bicyclic) bond motifs is 2. The molecule has 0 saturated heterocycles. The molecule has 8 heteroatoms. The summed E-state index contributed by atoms with van der Waals surface area (Å²) in [7, 11) is 1.99. The molecule has 1 N–H and O–H groups in total. The fraction of sp³-hybridized carbons (Fsp3) is 0.250. The standard InChI is InChI=1S/C28H29N5O.2ClH/c1-18-30-23-16-22(7-9-25(23)32(18)5)31-27(34)26-15-20-14-21(28(2,3)4)6-8-24(20)33(26)17-19-10-12-29-13-11-19;;/h6-16H,17H2,1-5H3,(H,31,34);2*1H. The molecule has 188 valence electrons. The van der Waals surface area contributed by atoms with Crippen LogP contribution in [-0.4, -0.2) is 25.0 Å². The van der Waals surface area contributed by atoms with Crippen LogP contribution in [0.3, 0.4) is 0 Å². The monoisotopic (exact) mass is 523 g/mol. The molecule has 36 heavy (non-hydrogen) atoms. The number of carbonyl (C=O) groups excluding carboxylic acids is 1. The number of carbonyl (C=O) groups is 1. The van der Waals surface area contributed by atoms with Crippen LogP contribution in [0.4, 0.5) is 5.69 Å². The third-order valence-corrected chi connectivity index (χ3v) is 6.45. The van der Waals surface area contributed by atoms with Gasteiger partial charge in [0.25, 0.3) is 5.91 Å². The van der Waals surface area contributed by atoms with Gasteiger partial charge in [0.15, 0.2) is 0 Å². The Bertz CT molecular complexity index is 1530. The van der Waals surface area contributed by atoms with Crippen molar-refractivity contribution in [3.05, 3.63) is 89.6 Å². The lowest BCUT2D eigenvalue weighted by molar-refractivity contribution is 0.101. The topological polar surface area (TPSA) is 64.7 Å². The second kappa shape index (κ2) is 10.3. The van der Waals surface area contributed by atoms with E-state index in [2.05, 4.69) is 58.8 Å². The van der Waals surface area contributed by atoms with Crippen LogP contribution in [0, 0.1) is 6.92 Å². The number of nitrogens with zero attached hydrogens (tertiary/aromatic N) is 4. The van der Waals surface area contributed by atoms with E-state index < -0.39 is 0 Å². The van der Waals surface area contributed by atoms with Crippen molar-refractivity contribution in [1.82, 2.24) is 19.1 Å². The van der Waals surface area contributed by atoms with E-state index in [1.165, 1.54) is 5.56 Å². The van der Waals surface area contributed by atoms with Crippen molar-refractivity contribution in [3.8, 4) is 0 Å². The van der Waals surface area contributed by atoms with Crippen LogP contribution >= 0.6 is 24.8 Å². The zero-order chi connectivity index (χ0) is 24.0. The first-order valence-electron chi connectivity index (χ1n) is 11.5. The summed E-state index contributed by atoms with van der Waals surface area (Å²) in [5, 5.41) is 4.15. The van der Waals surface area contributed by atoms with Gasteiger partial charge in [-0.05, 0) is 72.0 Å². The molecule has 1 amide bonds. The molecular weight excluding hydrogens is 493 g/mol. The summed E-state index contributed by atoms with van der Waals surface area (Å²) in [6.45, 7) is 9.16. The minimum absolute atomic E-state index is 0. The molecule has 0 aliphatic heterocycles. The minimum Gasteiger partial charge on any atom is -0.332 e. The van der Waals surface area contributed by atoms with Gasteiger partial charge in [0, 0.05) is 42.6 Å². The smallest absolute Gasteiger partial charge is 0.272 e. The van der Waals surface area contributed by atoms with E-state index in [1.807, 2.05) is 54.9 Å². The summed E-state index contributed by atoms with van der Waals surface area (Å²) in [5.41, 5.74) is 6.64. The number of nitrogens with one attached hydrogen (secondary N) is 1. The molecule has 0 spiro atoms. The van der Waals surface area contributed by atoms with Gasteiger partial charge >= 0.3 is 0 Å². The van der Waals surface area contributed by atoms with Crippen molar-refractivity contribution in [2.75, 3.05) is 5.32 Å². The summed E-state index contributed by atoms with van der Waals surface area (Å²) < 4.78 is 4.12. The van der Waals surface area contributed by atoms with Crippen LogP contribution in [0.5, 0.6) is 0 Å². The second-order valence-corrected chi connectivity index (χ2v) is 9.87. The fourth-order valence-electron chi connectivity index (χ4n) is 4.36. The summed E-state index contributed by atoms with van der Waals surface area (Å²) in [5.74, 6) is 0.792. The summed E-state index contributed by atoms with van der Waals surface area (Å²) >= 11 is 0. The van der Waals surface area contributed by atoms with Gasteiger partial charge in [0.05, 0.1) is 11.0 Å². The van der Waals surface area contributed by atoms with Crippen molar-refractivity contribution in [2.45, 2.75) is 39.7 Å². The molecule has 0 bridgehead atoms.